The van der Waals surface area contributed by atoms with Gasteiger partial charge in [-0.2, -0.15) is 0 Å². The first-order valence-electron chi connectivity index (χ1n) is 6.10. The highest BCUT2D eigenvalue weighted by molar-refractivity contribution is 7.99. The molecule has 0 amide bonds. The van der Waals surface area contributed by atoms with Crippen LogP contribution in [0.25, 0.3) is 0 Å². The van der Waals surface area contributed by atoms with Crippen molar-refractivity contribution in [2.24, 2.45) is 0 Å². The van der Waals surface area contributed by atoms with Crippen molar-refractivity contribution in [3.8, 4) is 0 Å². The Morgan fingerprint density at radius 1 is 1.30 bits per heavy atom. The average molecular weight is 290 g/mol. The Kier molecular flexibility index (Phi) is 4.52. The number of nitro benzene ring substituents is 1. The molecule has 0 bridgehead atoms. The molecule has 0 saturated carbocycles. The summed E-state index contributed by atoms with van der Waals surface area (Å²) in [4.78, 5) is 19.9. The Balaban J connectivity index is 2.22. The van der Waals surface area contributed by atoms with E-state index in [4.69, 9.17) is 0 Å². The van der Waals surface area contributed by atoms with Crippen molar-refractivity contribution in [1.82, 2.24) is 9.97 Å². The number of hydrogen-bond donors (Lipinski definition) is 1. The van der Waals surface area contributed by atoms with Gasteiger partial charge in [0.25, 0.3) is 5.69 Å². The average Bonchev–Trinajstić information content (AvgIpc) is 2.47. The third kappa shape index (κ3) is 3.45. The Bertz CT molecular complexity index is 594. The minimum absolute atomic E-state index is 0.0854. The predicted molar refractivity (Wildman–Crippen MR) is 78.2 cm³/mol. The van der Waals surface area contributed by atoms with Gasteiger partial charge >= 0.3 is 0 Å². The van der Waals surface area contributed by atoms with Gasteiger partial charge in [0, 0.05) is 36.6 Å². The van der Waals surface area contributed by atoms with Crippen LogP contribution in [-0.2, 0) is 6.42 Å². The zero-order chi connectivity index (χ0) is 14.5. The van der Waals surface area contributed by atoms with E-state index in [0.717, 1.165) is 28.0 Å². The molecule has 0 aliphatic rings. The molecule has 0 saturated heterocycles. The summed E-state index contributed by atoms with van der Waals surface area (Å²) >= 11 is 1.45. The predicted octanol–water partition coefficient (Wildman–Crippen LogP) is 3.14. The van der Waals surface area contributed by atoms with Crippen LogP contribution in [0.4, 0.5) is 11.5 Å². The van der Waals surface area contributed by atoms with Crippen molar-refractivity contribution < 1.29 is 4.92 Å². The number of nitro groups is 1. The maximum absolute atomic E-state index is 10.6. The lowest BCUT2D eigenvalue weighted by Gasteiger charge is -2.06. The minimum atomic E-state index is -0.409. The fraction of sp³-hybridized carbons (Fsp3) is 0.231. The Morgan fingerprint density at radius 2 is 2.00 bits per heavy atom. The van der Waals surface area contributed by atoms with Crippen molar-refractivity contribution in [3.05, 3.63) is 46.3 Å². The third-order valence-electron chi connectivity index (χ3n) is 2.59. The first-order valence-corrected chi connectivity index (χ1v) is 6.92. The number of nitrogens with zero attached hydrogens (tertiary/aromatic N) is 3. The van der Waals surface area contributed by atoms with E-state index in [9.17, 15) is 10.1 Å². The lowest BCUT2D eigenvalue weighted by atomic mass is 10.3. The Morgan fingerprint density at radius 3 is 2.55 bits per heavy atom. The largest absolute Gasteiger partial charge is 0.373 e. The molecule has 0 aliphatic carbocycles. The maximum Gasteiger partial charge on any atom is 0.269 e. The van der Waals surface area contributed by atoms with Gasteiger partial charge in [0.1, 0.15) is 16.7 Å². The number of nitrogens with one attached hydrogen (secondary N) is 1. The topological polar surface area (TPSA) is 81.0 Å². The molecule has 2 aromatic rings. The highest BCUT2D eigenvalue weighted by Gasteiger charge is 2.07. The number of aryl methyl sites for hydroxylation is 1. The molecule has 1 N–H and O–H groups in total. The molecule has 1 aromatic carbocycles. The van der Waals surface area contributed by atoms with Gasteiger partial charge in [-0.05, 0) is 12.1 Å². The van der Waals surface area contributed by atoms with Crippen LogP contribution < -0.4 is 5.32 Å². The Hall–Kier alpha value is -2.15. The van der Waals surface area contributed by atoms with Crippen LogP contribution in [0.3, 0.4) is 0 Å². The summed E-state index contributed by atoms with van der Waals surface area (Å²) in [5, 5.41) is 14.4. The molecule has 2 rings (SSSR count). The smallest absolute Gasteiger partial charge is 0.269 e. The molecular formula is C13H14N4O2S. The monoisotopic (exact) mass is 290 g/mol. The van der Waals surface area contributed by atoms with E-state index in [0.29, 0.717) is 0 Å². The highest BCUT2D eigenvalue weighted by atomic mass is 32.2. The highest BCUT2D eigenvalue weighted by Crippen LogP contribution is 2.28. The molecule has 0 unspecified atom stereocenters. The molecular weight excluding hydrogens is 276 g/mol. The number of non-ortho nitro benzene ring substituents is 1. The normalized spacial score (nSPS) is 10.3. The van der Waals surface area contributed by atoms with E-state index in [2.05, 4.69) is 15.3 Å². The standard InChI is InChI=1S/C13H14N4O2S/c1-3-11-15-12(14-2)8-13(16-11)20-10-6-4-9(5-7-10)17(18)19/h4-8H,3H2,1-2H3,(H,14,15,16). The van der Waals surface area contributed by atoms with Crippen LogP contribution in [0.2, 0.25) is 0 Å². The fourth-order valence-electron chi connectivity index (χ4n) is 1.57. The van der Waals surface area contributed by atoms with Crippen LogP contribution in [-0.4, -0.2) is 21.9 Å². The second-order valence-corrected chi connectivity index (χ2v) is 5.06. The number of rotatable bonds is 5. The summed E-state index contributed by atoms with van der Waals surface area (Å²) in [5.74, 6) is 1.53. The summed E-state index contributed by atoms with van der Waals surface area (Å²) in [6.07, 6.45) is 0.753. The summed E-state index contributed by atoms with van der Waals surface area (Å²) in [7, 11) is 1.81. The van der Waals surface area contributed by atoms with Crippen molar-refractivity contribution in [3.63, 3.8) is 0 Å². The molecule has 0 spiro atoms. The molecule has 0 radical (unpaired) electrons. The van der Waals surface area contributed by atoms with Crippen LogP contribution in [0.15, 0.2) is 40.3 Å². The second-order valence-electron chi connectivity index (χ2n) is 3.96. The molecule has 0 atom stereocenters. The van der Waals surface area contributed by atoms with Crippen LogP contribution >= 0.6 is 11.8 Å². The van der Waals surface area contributed by atoms with Gasteiger partial charge in [0.05, 0.1) is 4.92 Å². The molecule has 0 fully saturated rings. The van der Waals surface area contributed by atoms with Crippen LogP contribution in [0, 0.1) is 10.1 Å². The second kappa shape index (κ2) is 6.33. The van der Waals surface area contributed by atoms with Gasteiger partial charge in [-0.25, -0.2) is 9.97 Å². The van der Waals surface area contributed by atoms with E-state index in [1.165, 1.54) is 23.9 Å². The maximum atomic E-state index is 10.6. The summed E-state index contributed by atoms with van der Waals surface area (Å²) in [5.41, 5.74) is 0.0854. The molecule has 104 valence electrons. The van der Waals surface area contributed by atoms with E-state index in [1.807, 2.05) is 20.0 Å². The van der Waals surface area contributed by atoms with Gasteiger partial charge in [0.2, 0.25) is 0 Å². The summed E-state index contributed by atoms with van der Waals surface area (Å²) in [6.45, 7) is 2.00. The van der Waals surface area contributed by atoms with Crippen molar-refractivity contribution >= 4 is 23.3 Å². The Labute approximate surface area is 120 Å². The van der Waals surface area contributed by atoms with Crippen molar-refractivity contribution in [2.45, 2.75) is 23.3 Å². The van der Waals surface area contributed by atoms with Crippen LogP contribution in [0.5, 0.6) is 0 Å². The van der Waals surface area contributed by atoms with E-state index < -0.39 is 4.92 Å². The molecule has 1 aromatic heterocycles. The summed E-state index contributed by atoms with van der Waals surface area (Å²) in [6, 6.07) is 8.27. The number of hydrogen-bond acceptors (Lipinski definition) is 6. The molecule has 1 heterocycles. The van der Waals surface area contributed by atoms with E-state index in [-0.39, 0.29) is 5.69 Å². The van der Waals surface area contributed by atoms with Crippen molar-refractivity contribution in [2.75, 3.05) is 12.4 Å². The van der Waals surface area contributed by atoms with Gasteiger partial charge in [-0.3, -0.25) is 10.1 Å². The minimum Gasteiger partial charge on any atom is -0.373 e. The lowest BCUT2D eigenvalue weighted by Crippen LogP contribution is -2.00. The first kappa shape index (κ1) is 14.3. The van der Waals surface area contributed by atoms with Gasteiger partial charge in [-0.15, -0.1) is 0 Å². The summed E-state index contributed by atoms with van der Waals surface area (Å²) < 4.78 is 0. The first-order chi connectivity index (χ1) is 9.62. The SMILES string of the molecule is CCc1nc(NC)cc(Sc2ccc([N+](=O)[O-])cc2)n1. The fourth-order valence-corrected chi connectivity index (χ4v) is 2.40. The van der Waals surface area contributed by atoms with E-state index >= 15 is 0 Å². The molecule has 7 heteroatoms. The molecule has 0 aliphatic heterocycles. The van der Waals surface area contributed by atoms with E-state index in [1.54, 1.807) is 12.1 Å². The van der Waals surface area contributed by atoms with Crippen LogP contribution in [0.1, 0.15) is 12.7 Å². The van der Waals surface area contributed by atoms with Gasteiger partial charge in [0.15, 0.2) is 0 Å². The lowest BCUT2D eigenvalue weighted by molar-refractivity contribution is -0.384. The molecule has 20 heavy (non-hydrogen) atoms. The quantitative estimate of drug-likeness (QED) is 0.517. The number of anilines is 1. The van der Waals surface area contributed by atoms with Crippen molar-refractivity contribution in [1.29, 1.82) is 0 Å². The van der Waals surface area contributed by atoms with Gasteiger partial charge in [-0.1, -0.05) is 18.7 Å². The zero-order valence-corrected chi connectivity index (χ0v) is 12.0. The number of benzene rings is 1. The molecule has 6 nitrogen and oxygen atoms in total. The number of aromatic nitrogens is 2. The van der Waals surface area contributed by atoms with Gasteiger partial charge < -0.3 is 5.32 Å². The zero-order valence-electron chi connectivity index (χ0n) is 11.2. The third-order valence-corrected chi connectivity index (χ3v) is 3.52.